The first-order chi connectivity index (χ1) is 8.04. The molecule has 17 heavy (non-hydrogen) atoms. The lowest BCUT2D eigenvalue weighted by molar-refractivity contribution is -0.155. The Morgan fingerprint density at radius 1 is 1.41 bits per heavy atom. The van der Waals surface area contributed by atoms with Crippen LogP contribution in [0.1, 0.15) is 6.42 Å². The molecule has 0 bridgehead atoms. The van der Waals surface area contributed by atoms with Crippen molar-refractivity contribution >= 4 is 17.9 Å². The zero-order chi connectivity index (χ0) is 12.6. The first-order valence-corrected chi connectivity index (χ1v) is 5.06. The van der Waals surface area contributed by atoms with Crippen LogP contribution in [-0.4, -0.2) is 69.4 Å². The van der Waals surface area contributed by atoms with Crippen LogP contribution < -0.4 is 0 Å². The molecule has 0 aromatic heterocycles. The number of Topliss-reactive ketones (excluding diaryl/α,β-unsaturated/α-hetero) is 1. The average molecular weight is 244 g/mol. The lowest BCUT2D eigenvalue weighted by Gasteiger charge is -2.27. The molecule has 0 radical (unpaired) electrons. The van der Waals surface area contributed by atoms with E-state index in [9.17, 15) is 19.8 Å². The summed E-state index contributed by atoms with van der Waals surface area (Å²) in [6.45, 7) is -0.487. The van der Waals surface area contributed by atoms with Gasteiger partial charge in [0, 0.05) is 0 Å². The standard InChI is InChI=1S/C9H12N2O6/c12-3-5-7(15)8(16)9(17-5)11-6(14)1-4(13)2-10-11/h2,5,7-9,12,15-16H,1,3H2/t5-,7-,8-,9?/m1/s1. The first kappa shape index (κ1) is 12.1. The van der Waals surface area contributed by atoms with Crippen LogP contribution in [-0.2, 0) is 14.3 Å². The molecule has 1 amide bonds. The number of carbonyl (C=O) groups excluding carboxylic acids is 2. The molecule has 3 N–H and O–H groups in total. The highest BCUT2D eigenvalue weighted by Crippen LogP contribution is 2.25. The Bertz CT molecular complexity index is 370. The SMILES string of the molecule is O=C1C=NN(C2O[C@H](CO)[C@@H](O)[C@H]2O)C(=O)C1. The van der Waals surface area contributed by atoms with Crippen molar-refractivity contribution in [2.24, 2.45) is 5.10 Å². The Morgan fingerprint density at radius 2 is 2.12 bits per heavy atom. The van der Waals surface area contributed by atoms with Crippen LogP contribution in [0.25, 0.3) is 0 Å². The summed E-state index contributed by atoms with van der Waals surface area (Å²) in [6, 6.07) is 0. The Hall–Kier alpha value is -1.35. The molecule has 2 heterocycles. The maximum absolute atomic E-state index is 11.5. The number of ether oxygens (including phenoxy) is 1. The van der Waals surface area contributed by atoms with Gasteiger partial charge in [0.25, 0.3) is 5.91 Å². The van der Waals surface area contributed by atoms with Crippen molar-refractivity contribution in [3.63, 3.8) is 0 Å². The van der Waals surface area contributed by atoms with E-state index < -0.39 is 42.8 Å². The number of nitrogens with zero attached hydrogens (tertiary/aromatic N) is 2. The fraction of sp³-hybridized carbons (Fsp3) is 0.667. The summed E-state index contributed by atoms with van der Waals surface area (Å²) in [5, 5.41) is 32.4. The zero-order valence-corrected chi connectivity index (χ0v) is 8.76. The van der Waals surface area contributed by atoms with Crippen LogP contribution in [0.3, 0.4) is 0 Å². The van der Waals surface area contributed by atoms with Gasteiger partial charge in [-0.1, -0.05) is 0 Å². The summed E-state index contributed by atoms with van der Waals surface area (Å²) in [5.74, 6) is -1.05. The number of rotatable bonds is 2. The quantitative estimate of drug-likeness (QED) is 0.452. The summed E-state index contributed by atoms with van der Waals surface area (Å²) in [4.78, 5) is 22.4. The number of carbonyl (C=O) groups is 2. The normalized spacial score (nSPS) is 37.9. The van der Waals surface area contributed by atoms with Crippen LogP contribution >= 0.6 is 0 Å². The first-order valence-electron chi connectivity index (χ1n) is 5.06. The van der Waals surface area contributed by atoms with Crippen molar-refractivity contribution in [3.8, 4) is 0 Å². The third-order valence-corrected chi connectivity index (χ3v) is 2.67. The van der Waals surface area contributed by atoms with Gasteiger partial charge in [-0.15, -0.1) is 0 Å². The number of aliphatic hydroxyl groups is 3. The number of hydrazone groups is 1. The van der Waals surface area contributed by atoms with E-state index in [0.29, 0.717) is 0 Å². The fourth-order valence-electron chi connectivity index (χ4n) is 1.76. The second kappa shape index (κ2) is 4.49. The topological polar surface area (TPSA) is 120 Å². The molecule has 0 spiro atoms. The molecule has 8 nitrogen and oxygen atoms in total. The molecule has 2 aliphatic rings. The lowest BCUT2D eigenvalue weighted by Crippen LogP contribution is -2.46. The highest BCUT2D eigenvalue weighted by molar-refractivity contribution is 6.33. The molecule has 2 aliphatic heterocycles. The van der Waals surface area contributed by atoms with Crippen LogP contribution in [0.15, 0.2) is 5.10 Å². The lowest BCUT2D eigenvalue weighted by atomic mass is 10.1. The van der Waals surface area contributed by atoms with Gasteiger partial charge in [0.1, 0.15) is 18.3 Å². The minimum Gasteiger partial charge on any atom is -0.394 e. The average Bonchev–Trinajstić information content (AvgIpc) is 2.57. The molecule has 2 rings (SSSR count). The monoisotopic (exact) mass is 244 g/mol. The van der Waals surface area contributed by atoms with E-state index in [-0.39, 0.29) is 6.42 Å². The van der Waals surface area contributed by atoms with Gasteiger partial charge in [-0.05, 0) is 0 Å². The number of aliphatic hydroxyl groups excluding tert-OH is 3. The molecule has 0 saturated carbocycles. The molecule has 1 saturated heterocycles. The summed E-state index contributed by atoms with van der Waals surface area (Å²) in [7, 11) is 0. The molecule has 1 fully saturated rings. The van der Waals surface area contributed by atoms with E-state index in [1.54, 1.807) is 0 Å². The number of hydrogen-bond acceptors (Lipinski definition) is 7. The molecule has 0 aromatic carbocycles. The summed E-state index contributed by atoms with van der Waals surface area (Å²) < 4.78 is 5.11. The van der Waals surface area contributed by atoms with Gasteiger partial charge in [-0.3, -0.25) is 9.59 Å². The second-order valence-corrected chi connectivity index (χ2v) is 3.85. The summed E-state index contributed by atoms with van der Waals surface area (Å²) in [5.41, 5.74) is 0. The van der Waals surface area contributed by atoms with Crippen molar-refractivity contribution in [2.45, 2.75) is 31.0 Å². The maximum atomic E-state index is 11.5. The van der Waals surface area contributed by atoms with Crippen molar-refractivity contribution < 1.29 is 29.6 Å². The predicted molar refractivity (Wildman–Crippen MR) is 52.7 cm³/mol. The van der Waals surface area contributed by atoms with Gasteiger partial charge >= 0.3 is 0 Å². The van der Waals surface area contributed by atoms with E-state index in [1.165, 1.54) is 0 Å². The van der Waals surface area contributed by atoms with Gasteiger partial charge in [0.15, 0.2) is 12.0 Å². The van der Waals surface area contributed by atoms with Crippen molar-refractivity contribution in [2.75, 3.05) is 6.61 Å². The van der Waals surface area contributed by atoms with Crippen LogP contribution in [0.5, 0.6) is 0 Å². The minimum absolute atomic E-state index is 0.351. The fourth-order valence-corrected chi connectivity index (χ4v) is 1.76. The van der Waals surface area contributed by atoms with E-state index in [0.717, 1.165) is 11.2 Å². The zero-order valence-electron chi connectivity index (χ0n) is 8.76. The predicted octanol–water partition coefficient (Wildman–Crippen LogP) is -2.79. The van der Waals surface area contributed by atoms with E-state index in [1.807, 2.05) is 0 Å². The largest absolute Gasteiger partial charge is 0.394 e. The van der Waals surface area contributed by atoms with Gasteiger partial charge in [0.05, 0.1) is 19.2 Å². The molecule has 94 valence electrons. The molecule has 0 aromatic rings. The van der Waals surface area contributed by atoms with Crippen LogP contribution in [0, 0.1) is 0 Å². The Labute approximate surface area is 96.1 Å². The van der Waals surface area contributed by atoms with Crippen molar-refractivity contribution in [1.82, 2.24) is 5.01 Å². The van der Waals surface area contributed by atoms with E-state index in [2.05, 4.69) is 5.10 Å². The van der Waals surface area contributed by atoms with Gasteiger partial charge < -0.3 is 20.1 Å². The van der Waals surface area contributed by atoms with Crippen molar-refractivity contribution in [1.29, 1.82) is 0 Å². The highest BCUT2D eigenvalue weighted by atomic mass is 16.6. The number of hydrogen-bond donors (Lipinski definition) is 3. The molecular formula is C9H12N2O6. The number of amides is 1. The van der Waals surface area contributed by atoms with Gasteiger partial charge in [0.2, 0.25) is 0 Å². The van der Waals surface area contributed by atoms with Gasteiger partial charge in [-0.2, -0.15) is 5.10 Å². The molecule has 4 atom stereocenters. The van der Waals surface area contributed by atoms with Crippen molar-refractivity contribution in [3.05, 3.63) is 0 Å². The molecule has 0 aliphatic carbocycles. The summed E-state index contributed by atoms with van der Waals surface area (Å²) in [6.07, 6.45) is -4.23. The highest BCUT2D eigenvalue weighted by Gasteiger charge is 2.47. The van der Waals surface area contributed by atoms with Gasteiger partial charge in [-0.25, -0.2) is 5.01 Å². The van der Waals surface area contributed by atoms with Crippen LogP contribution in [0.2, 0.25) is 0 Å². The third kappa shape index (κ3) is 2.07. The molecule has 1 unspecified atom stereocenters. The third-order valence-electron chi connectivity index (χ3n) is 2.67. The van der Waals surface area contributed by atoms with E-state index in [4.69, 9.17) is 9.84 Å². The smallest absolute Gasteiger partial charge is 0.253 e. The Morgan fingerprint density at radius 3 is 2.65 bits per heavy atom. The maximum Gasteiger partial charge on any atom is 0.253 e. The van der Waals surface area contributed by atoms with Crippen LogP contribution in [0.4, 0.5) is 0 Å². The Balaban J connectivity index is 2.16. The minimum atomic E-state index is -1.37. The molecular weight excluding hydrogens is 232 g/mol. The number of ketones is 1. The second-order valence-electron chi connectivity index (χ2n) is 3.85. The summed E-state index contributed by atoms with van der Waals surface area (Å²) >= 11 is 0. The molecule has 8 heteroatoms. The Kier molecular flexibility index (Phi) is 3.20. The van der Waals surface area contributed by atoms with E-state index >= 15 is 0 Å².